The number of anilines is 1. The third-order valence-corrected chi connectivity index (χ3v) is 4.03. The van der Waals surface area contributed by atoms with Crippen LogP contribution in [0.2, 0.25) is 0 Å². The first-order valence-electron chi connectivity index (χ1n) is 7.40. The third kappa shape index (κ3) is 3.14. The Morgan fingerprint density at radius 2 is 2.05 bits per heavy atom. The van der Waals surface area contributed by atoms with Gasteiger partial charge in [0.25, 0.3) is 0 Å². The van der Waals surface area contributed by atoms with Gasteiger partial charge in [-0.2, -0.15) is 0 Å². The van der Waals surface area contributed by atoms with E-state index in [1.54, 1.807) is 6.20 Å². The molecule has 3 rings (SSSR count). The number of benzene rings is 1. The molecule has 1 N–H and O–H groups in total. The molecule has 2 aromatic rings. The predicted molar refractivity (Wildman–Crippen MR) is 82.1 cm³/mol. The molecule has 0 amide bonds. The zero-order valence-electron chi connectivity index (χ0n) is 12.0. The Hall–Kier alpha value is -1.72. The molecule has 1 aromatic heterocycles. The molecular formula is C16H20FN3O. The fraction of sp³-hybridized carbons (Fsp3) is 0.438. The Labute approximate surface area is 123 Å². The van der Waals surface area contributed by atoms with E-state index < -0.39 is 0 Å². The minimum atomic E-state index is -0.253. The number of aliphatic hydroxyl groups excluding tert-OH is 1. The molecule has 0 spiro atoms. The number of β-amino-alcohol motifs (C(OH)–C–C–N with tert-alkyl or cyclic N) is 1. The van der Waals surface area contributed by atoms with E-state index in [0.29, 0.717) is 5.52 Å². The van der Waals surface area contributed by atoms with Crippen LogP contribution in [0.4, 0.5) is 10.1 Å². The maximum absolute atomic E-state index is 13.3. The van der Waals surface area contributed by atoms with Crippen LogP contribution >= 0.6 is 0 Å². The van der Waals surface area contributed by atoms with Gasteiger partial charge in [0.15, 0.2) is 0 Å². The quantitative estimate of drug-likeness (QED) is 0.936. The van der Waals surface area contributed by atoms with Crippen molar-refractivity contribution in [3.05, 3.63) is 36.3 Å². The van der Waals surface area contributed by atoms with Crippen molar-refractivity contribution in [2.24, 2.45) is 0 Å². The fourth-order valence-electron chi connectivity index (χ4n) is 2.96. The summed E-state index contributed by atoms with van der Waals surface area (Å²) >= 11 is 0. The molecule has 0 unspecified atom stereocenters. The summed E-state index contributed by atoms with van der Waals surface area (Å²) in [5, 5.41) is 10.1. The first-order valence-corrected chi connectivity index (χ1v) is 7.40. The molecule has 1 fully saturated rings. The van der Waals surface area contributed by atoms with Crippen LogP contribution in [-0.2, 0) is 0 Å². The molecule has 0 saturated carbocycles. The summed E-state index contributed by atoms with van der Waals surface area (Å²) in [4.78, 5) is 8.87. The third-order valence-electron chi connectivity index (χ3n) is 4.03. The summed E-state index contributed by atoms with van der Waals surface area (Å²) in [5.74, 6) is -0.253. The summed E-state index contributed by atoms with van der Waals surface area (Å²) < 4.78 is 13.3. The molecule has 2 heterocycles. The van der Waals surface area contributed by atoms with Crippen LogP contribution < -0.4 is 4.90 Å². The van der Waals surface area contributed by atoms with Gasteiger partial charge in [0.2, 0.25) is 0 Å². The molecule has 0 atom stereocenters. The van der Waals surface area contributed by atoms with Gasteiger partial charge < -0.3 is 10.0 Å². The van der Waals surface area contributed by atoms with Gasteiger partial charge in [0.05, 0.1) is 12.1 Å². The summed E-state index contributed by atoms with van der Waals surface area (Å²) in [6.45, 7) is 4.77. The molecule has 1 aliphatic heterocycles. The van der Waals surface area contributed by atoms with Crippen molar-refractivity contribution < 1.29 is 9.50 Å². The van der Waals surface area contributed by atoms with Gasteiger partial charge in [0, 0.05) is 49.5 Å². The lowest BCUT2D eigenvalue weighted by Crippen LogP contribution is -2.32. The van der Waals surface area contributed by atoms with E-state index in [2.05, 4.69) is 14.8 Å². The maximum Gasteiger partial charge on any atom is 0.125 e. The van der Waals surface area contributed by atoms with Crippen molar-refractivity contribution in [3.8, 4) is 0 Å². The average molecular weight is 289 g/mol. The van der Waals surface area contributed by atoms with Gasteiger partial charge in [-0.25, -0.2) is 4.39 Å². The summed E-state index contributed by atoms with van der Waals surface area (Å²) in [5.41, 5.74) is 1.81. The molecule has 4 nitrogen and oxygen atoms in total. The number of halogens is 1. The van der Waals surface area contributed by atoms with Crippen molar-refractivity contribution in [2.45, 2.75) is 6.42 Å². The van der Waals surface area contributed by atoms with Gasteiger partial charge in [-0.1, -0.05) is 0 Å². The standard InChI is InChI=1S/C16H20FN3O/c17-13-2-3-14-15(12-13)18-5-4-16(14)20-7-1-6-19(8-9-20)10-11-21/h2-5,12,21H,1,6-11H2. The molecular weight excluding hydrogens is 269 g/mol. The summed E-state index contributed by atoms with van der Waals surface area (Å²) in [6, 6.07) is 6.78. The Morgan fingerprint density at radius 1 is 1.14 bits per heavy atom. The second-order valence-electron chi connectivity index (χ2n) is 5.40. The number of aliphatic hydroxyl groups is 1. The monoisotopic (exact) mass is 289 g/mol. The van der Waals surface area contributed by atoms with Crippen molar-refractivity contribution in [2.75, 3.05) is 44.2 Å². The Bertz CT molecular complexity index is 619. The van der Waals surface area contributed by atoms with Gasteiger partial charge in [-0.3, -0.25) is 9.88 Å². The largest absolute Gasteiger partial charge is 0.395 e. The van der Waals surface area contributed by atoms with Crippen molar-refractivity contribution in [1.82, 2.24) is 9.88 Å². The highest BCUT2D eigenvalue weighted by Crippen LogP contribution is 2.26. The highest BCUT2D eigenvalue weighted by Gasteiger charge is 2.16. The second kappa shape index (κ2) is 6.37. The predicted octanol–water partition coefficient (Wildman–Crippen LogP) is 1.88. The molecule has 1 saturated heterocycles. The zero-order chi connectivity index (χ0) is 14.7. The van der Waals surface area contributed by atoms with Gasteiger partial charge in [0.1, 0.15) is 5.82 Å². The van der Waals surface area contributed by atoms with E-state index in [1.807, 2.05) is 12.1 Å². The molecule has 0 aliphatic carbocycles. The fourth-order valence-corrected chi connectivity index (χ4v) is 2.96. The Kier molecular flexibility index (Phi) is 4.31. The minimum absolute atomic E-state index is 0.206. The highest BCUT2D eigenvalue weighted by molar-refractivity contribution is 5.91. The van der Waals surface area contributed by atoms with E-state index in [0.717, 1.165) is 50.2 Å². The Morgan fingerprint density at radius 3 is 2.90 bits per heavy atom. The van der Waals surface area contributed by atoms with E-state index >= 15 is 0 Å². The molecule has 1 aliphatic rings. The van der Waals surface area contributed by atoms with Crippen LogP contribution in [0.25, 0.3) is 10.9 Å². The number of rotatable bonds is 3. The van der Waals surface area contributed by atoms with Gasteiger partial charge in [-0.15, -0.1) is 0 Å². The number of fused-ring (bicyclic) bond motifs is 1. The van der Waals surface area contributed by atoms with Crippen LogP contribution in [0, 0.1) is 5.82 Å². The van der Waals surface area contributed by atoms with Gasteiger partial charge >= 0.3 is 0 Å². The smallest absolute Gasteiger partial charge is 0.125 e. The average Bonchev–Trinajstić information content (AvgIpc) is 2.72. The summed E-state index contributed by atoms with van der Waals surface area (Å²) in [7, 11) is 0. The normalized spacial score (nSPS) is 17.1. The van der Waals surface area contributed by atoms with Crippen molar-refractivity contribution >= 4 is 16.6 Å². The van der Waals surface area contributed by atoms with E-state index in [4.69, 9.17) is 5.11 Å². The van der Waals surface area contributed by atoms with Crippen LogP contribution in [-0.4, -0.2) is 54.3 Å². The summed E-state index contributed by atoms with van der Waals surface area (Å²) in [6.07, 6.45) is 2.80. The number of aromatic nitrogens is 1. The number of hydrogen-bond acceptors (Lipinski definition) is 4. The number of nitrogens with zero attached hydrogens (tertiary/aromatic N) is 3. The number of pyridine rings is 1. The van der Waals surface area contributed by atoms with Crippen LogP contribution in [0.1, 0.15) is 6.42 Å². The molecule has 21 heavy (non-hydrogen) atoms. The topological polar surface area (TPSA) is 39.6 Å². The molecule has 5 heteroatoms. The SMILES string of the molecule is OCCN1CCCN(c2ccnc3cc(F)ccc23)CC1. The van der Waals surface area contributed by atoms with Crippen molar-refractivity contribution in [3.63, 3.8) is 0 Å². The van der Waals surface area contributed by atoms with Crippen molar-refractivity contribution in [1.29, 1.82) is 0 Å². The van der Waals surface area contributed by atoms with E-state index in [1.165, 1.54) is 12.1 Å². The first kappa shape index (κ1) is 14.2. The first-order chi connectivity index (χ1) is 10.3. The minimum Gasteiger partial charge on any atom is -0.395 e. The zero-order valence-corrected chi connectivity index (χ0v) is 12.0. The van der Waals surface area contributed by atoms with E-state index in [9.17, 15) is 4.39 Å². The van der Waals surface area contributed by atoms with Gasteiger partial charge in [-0.05, 0) is 31.2 Å². The Balaban J connectivity index is 1.86. The molecule has 0 radical (unpaired) electrons. The second-order valence-corrected chi connectivity index (χ2v) is 5.40. The number of hydrogen-bond donors (Lipinski definition) is 1. The molecule has 0 bridgehead atoms. The lowest BCUT2D eigenvalue weighted by Gasteiger charge is -2.24. The van der Waals surface area contributed by atoms with E-state index in [-0.39, 0.29) is 12.4 Å². The lowest BCUT2D eigenvalue weighted by molar-refractivity contribution is 0.204. The molecule has 112 valence electrons. The highest BCUT2D eigenvalue weighted by atomic mass is 19.1. The maximum atomic E-state index is 13.3. The lowest BCUT2D eigenvalue weighted by atomic mass is 10.1. The van der Waals surface area contributed by atoms with Crippen LogP contribution in [0.3, 0.4) is 0 Å². The van der Waals surface area contributed by atoms with Crippen LogP contribution in [0.5, 0.6) is 0 Å². The molecule has 1 aromatic carbocycles. The van der Waals surface area contributed by atoms with Crippen LogP contribution in [0.15, 0.2) is 30.5 Å².